The second-order valence-electron chi connectivity index (χ2n) is 7.71. The number of carbonyl (C=O) groups excluding carboxylic acids is 2. The average Bonchev–Trinajstić information content (AvgIpc) is 2.67. The molecule has 0 bridgehead atoms. The predicted octanol–water partition coefficient (Wildman–Crippen LogP) is 2.17. The summed E-state index contributed by atoms with van der Waals surface area (Å²) < 4.78 is 5.91. The number of nitrogens with two attached hydrogens (primary N) is 1. The zero-order valence-corrected chi connectivity index (χ0v) is 15.8. The highest BCUT2D eigenvalue weighted by Crippen LogP contribution is 2.31. The van der Waals surface area contributed by atoms with Crippen molar-refractivity contribution in [2.45, 2.75) is 31.3 Å². The van der Waals surface area contributed by atoms with E-state index in [9.17, 15) is 9.59 Å². The molecule has 1 aliphatic carbocycles. The van der Waals surface area contributed by atoms with E-state index in [1.165, 1.54) is 0 Å². The Bertz CT molecular complexity index is 866. The summed E-state index contributed by atoms with van der Waals surface area (Å²) in [5.74, 6) is -0.294. The number of carbonyl (C=O) groups is 2. The van der Waals surface area contributed by atoms with E-state index >= 15 is 0 Å². The first-order valence-electron chi connectivity index (χ1n) is 9.79. The van der Waals surface area contributed by atoms with Crippen LogP contribution < -0.4 is 5.73 Å². The van der Waals surface area contributed by atoms with Gasteiger partial charge in [0.25, 0.3) is 5.91 Å². The number of morpholine rings is 1. The molecule has 1 aromatic carbocycles. The molecule has 0 radical (unpaired) electrons. The molecular weight excluding hydrogens is 354 g/mol. The third kappa shape index (κ3) is 3.64. The lowest BCUT2D eigenvalue weighted by Crippen LogP contribution is -2.62. The van der Waals surface area contributed by atoms with Gasteiger partial charge in [-0.15, -0.1) is 0 Å². The molecule has 146 valence electrons. The molecule has 6 heteroatoms. The number of aromatic nitrogens is 1. The topological polar surface area (TPSA) is 85.5 Å². The number of hydrogen-bond donors (Lipinski definition) is 1. The normalized spacial score (nSPS) is 22.5. The quantitative estimate of drug-likeness (QED) is 0.863. The summed E-state index contributed by atoms with van der Waals surface area (Å²) in [6.45, 7) is 1.06. The van der Waals surface area contributed by atoms with Gasteiger partial charge in [0.05, 0.1) is 13.2 Å². The molecule has 1 aliphatic heterocycles. The van der Waals surface area contributed by atoms with Gasteiger partial charge in [-0.3, -0.25) is 14.6 Å². The van der Waals surface area contributed by atoms with E-state index in [0.29, 0.717) is 19.6 Å². The van der Waals surface area contributed by atoms with E-state index < -0.39 is 11.5 Å². The van der Waals surface area contributed by atoms with Gasteiger partial charge in [-0.1, -0.05) is 30.7 Å². The van der Waals surface area contributed by atoms with Crippen molar-refractivity contribution in [3.05, 3.63) is 54.4 Å². The number of nitrogens with zero attached hydrogens (tertiary/aromatic N) is 2. The lowest BCUT2D eigenvalue weighted by Gasteiger charge is -2.42. The molecule has 4 rings (SSSR count). The molecule has 2 aliphatic rings. The van der Waals surface area contributed by atoms with E-state index in [-0.39, 0.29) is 18.4 Å². The van der Waals surface area contributed by atoms with Crippen molar-refractivity contribution in [2.24, 2.45) is 11.7 Å². The maximum atomic E-state index is 12.7. The SMILES string of the molecule is NC(=O)C1(Cc2cccc(-c3ccncc3)c2)CN(C(=O)C2CCC2)CCO1. The van der Waals surface area contributed by atoms with Crippen LogP contribution in [0.2, 0.25) is 0 Å². The molecule has 1 aromatic heterocycles. The van der Waals surface area contributed by atoms with Crippen molar-refractivity contribution in [3.63, 3.8) is 0 Å². The van der Waals surface area contributed by atoms with Gasteiger partial charge in [-0.2, -0.15) is 0 Å². The van der Waals surface area contributed by atoms with E-state index in [2.05, 4.69) is 4.98 Å². The fourth-order valence-electron chi connectivity index (χ4n) is 3.96. The molecule has 2 heterocycles. The highest BCUT2D eigenvalue weighted by molar-refractivity contribution is 5.86. The third-order valence-corrected chi connectivity index (χ3v) is 5.83. The Labute approximate surface area is 164 Å². The lowest BCUT2D eigenvalue weighted by molar-refractivity contribution is -0.166. The van der Waals surface area contributed by atoms with Crippen LogP contribution in [-0.4, -0.2) is 47.0 Å². The van der Waals surface area contributed by atoms with Gasteiger partial charge >= 0.3 is 0 Å². The van der Waals surface area contributed by atoms with Gasteiger partial charge in [-0.05, 0) is 41.7 Å². The Balaban J connectivity index is 1.56. The largest absolute Gasteiger partial charge is 0.367 e. The van der Waals surface area contributed by atoms with Crippen LogP contribution in [0.1, 0.15) is 24.8 Å². The van der Waals surface area contributed by atoms with Crippen molar-refractivity contribution in [1.82, 2.24) is 9.88 Å². The monoisotopic (exact) mass is 379 g/mol. The molecule has 28 heavy (non-hydrogen) atoms. The second-order valence-corrected chi connectivity index (χ2v) is 7.71. The molecule has 1 atom stereocenters. The van der Waals surface area contributed by atoms with Crippen LogP contribution in [0.15, 0.2) is 48.8 Å². The van der Waals surface area contributed by atoms with Gasteiger partial charge < -0.3 is 15.4 Å². The van der Waals surface area contributed by atoms with Gasteiger partial charge in [0, 0.05) is 31.3 Å². The summed E-state index contributed by atoms with van der Waals surface area (Å²) in [6.07, 6.45) is 6.82. The number of ether oxygens (including phenoxy) is 1. The molecule has 2 amide bonds. The minimum atomic E-state index is -1.19. The third-order valence-electron chi connectivity index (χ3n) is 5.83. The number of pyridine rings is 1. The zero-order chi connectivity index (χ0) is 19.6. The number of benzene rings is 1. The van der Waals surface area contributed by atoms with E-state index in [4.69, 9.17) is 10.5 Å². The highest BCUT2D eigenvalue weighted by Gasteiger charge is 2.45. The smallest absolute Gasteiger partial charge is 0.251 e. The standard InChI is InChI=1S/C22H25N3O3/c23-21(27)22(15-25(11-12-28-22)20(26)18-4-2-5-18)14-16-3-1-6-19(13-16)17-7-9-24-10-8-17/h1,3,6-10,13,18H,2,4-5,11-12,14-15H2,(H2,23,27). The average molecular weight is 379 g/mol. The van der Waals surface area contributed by atoms with Crippen molar-refractivity contribution < 1.29 is 14.3 Å². The molecule has 2 fully saturated rings. The van der Waals surface area contributed by atoms with Crippen LogP contribution in [0.5, 0.6) is 0 Å². The molecule has 1 unspecified atom stereocenters. The van der Waals surface area contributed by atoms with Crippen molar-refractivity contribution in [1.29, 1.82) is 0 Å². The van der Waals surface area contributed by atoms with Crippen molar-refractivity contribution in [3.8, 4) is 11.1 Å². The first kappa shape index (κ1) is 18.6. The van der Waals surface area contributed by atoms with Crippen molar-refractivity contribution >= 4 is 11.8 Å². The summed E-state index contributed by atoms with van der Waals surface area (Å²) in [6, 6.07) is 11.9. The maximum Gasteiger partial charge on any atom is 0.251 e. The number of primary amides is 1. The Morgan fingerprint density at radius 2 is 1.96 bits per heavy atom. The summed E-state index contributed by atoms with van der Waals surface area (Å²) in [5, 5.41) is 0. The fraction of sp³-hybridized carbons (Fsp3) is 0.409. The van der Waals surface area contributed by atoms with Gasteiger partial charge in [0.1, 0.15) is 0 Å². The van der Waals surface area contributed by atoms with Crippen LogP contribution in [0.25, 0.3) is 11.1 Å². The zero-order valence-electron chi connectivity index (χ0n) is 15.8. The Morgan fingerprint density at radius 1 is 1.18 bits per heavy atom. The molecular formula is C22H25N3O3. The highest BCUT2D eigenvalue weighted by atomic mass is 16.5. The lowest BCUT2D eigenvalue weighted by atomic mass is 9.83. The summed E-state index contributed by atoms with van der Waals surface area (Å²) in [5.41, 5.74) is 7.63. The molecule has 1 saturated heterocycles. The fourth-order valence-corrected chi connectivity index (χ4v) is 3.96. The van der Waals surface area contributed by atoms with E-state index in [1.807, 2.05) is 36.4 Å². The van der Waals surface area contributed by atoms with Crippen LogP contribution >= 0.6 is 0 Å². The molecule has 1 saturated carbocycles. The second kappa shape index (κ2) is 7.72. The molecule has 6 nitrogen and oxygen atoms in total. The number of amides is 2. The Kier molecular flexibility index (Phi) is 5.13. The van der Waals surface area contributed by atoms with Crippen LogP contribution in [-0.2, 0) is 20.7 Å². The Morgan fingerprint density at radius 3 is 2.64 bits per heavy atom. The van der Waals surface area contributed by atoms with Gasteiger partial charge in [-0.25, -0.2) is 0 Å². The number of hydrogen-bond acceptors (Lipinski definition) is 4. The minimum absolute atomic E-state index is 0.0960. The summed E-state index contributed by atoms with van der Waals surface area (Å²) in [7, 11) is 0. The van der Waals surface area contributed by atoms with Gasteiger partial charge in [0.15, 0.2) is 5.60 Å². The number of rotatable bonds is 5. The first-order valence-corrected chi connectivity index (χ1v) is 9.79. The minimum Gasteiger partial charge on any atom is -0.367 e. The van der Waals surface area contributed by atoms with Crippen molar-refractivity contribution in [2.75, 3.05) is 19.7 Å². The maximum absolute atomic E-state index is 12.7. The van der Waals surface area contributed by atoms with Crippen LogP contribution in [0.4, 0.5) is 0 Å². The molecule has 0 spiro atoms. The Hall–Kier alpha value is -2.73. The molecule has 2 N–H and O–H groups in total. The van der Waals surface area contributed by atoms with E-state index in [1.54, 1.807) is 17.3 Å². The van der Waals surface area contributed by atoms with E-state index in [0.717, 1.165) is 36.0 Å². The van der Waals surface area contributed by atoms with Crippen LogP contribution in [0, 0.1) is 5.92 Å². The van der Waals surface area contributed by atoms with Gasteiger partial charge in [0.2, 0.25) is 5.91 Å². The first-order chi connectivity index (χ1) is 13.6. The predicted molar refractivity (Wildman–Crippen MR) is 105 cm³/mol. The summed E-state index contributed by atoms with van der Waals surface area (Å²) >= 11 is 0. The summed E-state index contributed by atoms with van der Waals surface area (Å²) in [4.78, 5) is 30.9. The molecule has 2 aromatic rings. The van der Waals surface area contributed by atoms with Crippen LogP contribution in [0.3, 0.4) is 0 Å².